The molecule has 1 aromatic heterocycles. The van der Waals surface area contributed by atoms with Crippen molar-refractivity contribution in [1.82, 2.24) is 10.3 Å². The van der Waals surface area contributed by atoms with Gasteiger partial charge in [0.05, 0.1) is 10.7 Å². The Kier molecular flexibility index (Phi) is 7.32. The molecule has 1 aromatic rings. The summed E-state index contributed by atoms with van der Waals surface area (Å²) in [5, 5.41) is 6.11. The SMILES string of the molecule is Cc1nc(CCNC(=O)CCC(CCN)C(C)(C)C)cs1. The average molecular weight is 311 g/mol. The predicted molar refractivity (Wildman–Crippen MR) is 89.4 cm³/mol. The van der Waals surface area contributed by atoms with Gasteiger partial charge in [0, 0.05) is 24.8 Å². The Morgan fingerprint density at radius 1 is 1.43 bits per heavy atom. The van der Waals surface area contributed by atoms with Crippen molar-refractivity contribution in [3.05, 3.63) is 16.1 Å². The average Bonchev–Trinajstić information content (AvgIpc) is 2.79. The molecule has 0 aromatic carbocycles. The van der Waals surface area contributed by atoms with Gasteiger partial charge < -0.3 is 11.1 Å². The molecule has 0 aliphatic rings. The molecule has 4 nitrogen and oxygen atoms in total. The van der Waals surface area contributed by atoms with Crippen molar-refractivity contribution in [2.75, 3.05) is 13.1 Å². The van der Waals surface area contributed by atoms with Crippen LogP contribution in [0.1, 0.15) is 50.7 Å². The maximum atomic E-state index is 11.9. The molecule has 0 aliphatic carbocycles. The van der Waals surface area contributed by atoms with E-state index in [0.29, 0.717) is 25.4 Å². The monoisotopic (exact) mass is 311 g/mol. The Labute approximate surface area is 132 Å². The number of hydrogen-bond acceptors (Lipinski definition) is 4. The predicted octanol–water partition coefficient (Wildman–Crippen LogP) is 2.90. The number of amides is 1. The van der Waals surface area contributed by atoms with Crippen LogP contribution in [0.5, 0.6) is 0 Å². The van der Waals surface area contributed by atoms with Gasteiger partial charge >= 0.3 is 0 Å². The molecule has 1 unspecified atom stereocenters. The van der Waals surface area contributed by atoms with Crippen molar-refractivity contribution in [2.45, 2.75) is 53.4 Å². The van der Waals surface area contributed by atoms with Gasteiger partial charge in [0.25, 0.3) is 0 Å². The maximum absolute atomic E-state index is 11.9. The summed E-state index contributed by atoms with van der Waals surface area (Å²) in [6.45, 7) is 10.0. The van der Waals surface area contributed by atoms with E-state index in [1.165, 1.54) is 0 Å². The first-order chi connectivity index (χ1) is 9.82. The lowest BCUT2D eigenvalue weighted by molar-refractivity contribution is -0.121. The number of rotatable bonds is 8. The van der Waals surface area contributed by atoms with E-state index in [0.717, 1.165) is 30.0 Å². The van der Waals surface area contributed by atoms with Crippen LogP contribution in [0.15, 0.2) is 5.38 Å². The fourth-order valence-electron chi connectivity index (χ4n) is 2.46. The maximum Gasteiger partial charge on any atom is 0.220 e. The number of hydrogen-bond donors (Lipinski definition) is 2. The lowest BCUT2D eigenvalue weighted by atomic mass is 9.76. The number of aromatic nitrogens is 1. The highest BCUT2D eigenvalue weighted by molar-refractivity contribution is 7.09. The summed E-state index contributed by atoms with van der Waals surface area (Å²) in [6, 6.07) is 0. The second-order valence-corrected chi connectivity index (χ2v) is 7.70. The number of thiazole rings is 1. The Morgan fingerprint density at radius 2 is 2.14 bits per heavy atom. The first-order valence-electron chi connectivity index (χ1n) is 7.70. The van der Waals surface area contributed by atoms with Crippen LogP contribution in [0, 0.1) is 18.3 Å². The van der Waals surface area contributed by atoms with Gasteiger partial charge in [-0.3, -0.25) is 4.79 Å². The van der Waals surface area contributed by atoms with Gasteiger partial charge in [0.15, 0.2) is 0 Å². The van der Waals surface area contributed by atoms with Crippen LogP contribution in [-0.4, -0.2) is 24.0 Å². The summed E-state index contributed by atoms with van der Waals surface area (Å²) in [5.74, 6) is 0.627. The number of carbonyl (C=O) groups is 1. The molecule has 0 fully saturated rings. The molecular weight excluding hydrogens is 282 g/mol. The zero-order chi connectivity index (χ0) is 15.9. The fourth-order valence-corrected chi connectivity index (χ4v) is 3.11. The Morgan fingerprint density at radius 3 is 2.67 bits per heavy atom. The molecule has 0 saturated carbocycles. The molecule has 1 heterocycles. The van der Waals surface area contributed by atoms with Gasteiger partial charge in [0.1, 0.15) is 0 Å². The van der Waals surface area contributed by atoms with Crippen molar-refractivity contribution in [2.24, 2.45) is 17.1 Å². The first-order valence-corrected chi connectivity index (χ1v) is 8.58. The Bertz CT molecular complexity index is 437. The van der Waals surface area contributed by atoms with Crippen LogP contribution >= 0.6 is 11.3 Å². The lowest BCUT2D eigenvalue weighted by Crippen LogP contribution is -2.29. The van der Waals surface area contributed by atoms with Crippen molar-refractivity contribution in [3.8, 4) is 0 Å². The molecular formula is C16H29N3OS. The molecule has 5 heteroatoms. The molecule has 1 atom stereocenters. The van der Waals surface area contributed by atoms with E-state index in [9.17, 15) is 4.79 Å². The van der Waals surface area contributed by atoms with Gasteiger partial charge in [-0.15, -0.1) is 11.3 Å². The van der Waals surface area contributed by atoms with Gasteiger partial charge in [0.2, 0.25) is 5.91 Å². The van der Waals surface area contributed by atoms with Crippen LogP contribution in [0.3, 0.4) is 0 Å². The van der Waals surface area contributed by atoms with Crippen molar-refractivity contribution >= 4 is 17.2 Å². The zero-order valence-electron chi connectivity index (χ0n) is 13.7. The highest BCUT2D eigenvalue weighted by atomic mass is 32.1. The van der Waals surface area contributed by atoms with Gasteiger partial charge in [-0.2, -0.15) is 0 Å². The third kappa shape index (κ3) is 7.05. The molecule has 0 aliphatic heterocycles. The molecule has 0 bridgehead atoms. The van der Waals surface area contributed by atoms with Gasteiger partial charge in [-0.1, -0.05) is 20.8 Å². The standard InChI is InChI=1S/C16H29N3OS/c1-12-19-14(11-21-12)8-10-18-15(20)6-5-13(7-9-17)16(2,3)4/h11,13H,5-10,17H2,1-4H3,(H,18,20). The topological polar surface area (TPSA) is 68.0 Å². The summed E-state index contributed by atoms with van der Waals surface area (Å²) in [7, 11) is 0. The molecule has 1 amide bonds. The lowest BCUT2D eigenvalue weighted by Gasteiger charge is -2.30. The quantitative estimate of drug-likeness (QED) is 0.775. The molecule has 0 saturated heterocycles. The minimum Gasteiger partial charge on any atom is -0.356 e. The van der Waals surface area contributed by atoms with Crippen LogP contribution in [-0.2, 0) is 11.2 Å². The van der Waals surface area contributed by atoms with Gasteiger partial charge in [-0.05, 0) is 37.6 Å². The molecule has 0 radical (unpaired) electrons. The van der Waals surface area contributed by atoms with Crippen molar-refractivity contribution in [1.29, 1.82) is 0 Å². The molecule has 0 spiro atoms. The van der Waals surface area contributed by atoms with E-state index < -0.39 is 0 Å². The number of aryl methyl sites for hydroxylation is 1. The summed E-state index contributed by atoms with van der Waals surface area (Å²) in [4.78, 5) is 16.3. The minimum atomic E-state index is 0.133. The highest BCUT2D eigenvalue weighted by Crippen LogP contribution is 2.31. The smallest absolute Gasteiger partial charge is 0.220 e. The van der Waals surface area contributed by atoms with E-state index >= 15 is 0 Å². The number of nitrogens with two attached hydrogens (primary N) is 1. The van der Waals surface area contributed by atoms with E-state index in [2.05, 4.69) is 36.5 Å². The largest absolute Gasteiger partial charge is 0.356 e. The summed E-state index contributed by atoms with van der Waals surface area (Å²) in [6.07, 6.45) is 3.27. The number of carbonyl (C=O) groups excluding carboxylic acids is 1. The van der Waals surface area contributed by atoms with E-state index in [4.69, 9.17) is 5.73 Å². The first kappa shape index (κ1) is 18.1. The van der Waals surface area contributed by atoms with Crippen LogP contribution < -0.4 is 11.1 Å². The third-order valence-electron chi connectivity index (χ3n) is 3.83. The van der Waals surface area contributed by atoms with Gasteiger partial charge in [-0.25, -0.2) is 4.98 Å². The second kappa shape index (κ2) is 8.49. The van der Waals surface area contributed by atoms with Crippen LogP contribution in [0.4, 0.5) is 0 Å². The molecule has 1 rings (SSSR count). The van der Waals surface area contributed by atoms with Crippen LogP contribution in [0.2, 0.25) is 0 Å². The Balaban J connectivity index is 2.26. The highest BCUT2D eigenvalue weighted by Gasteiger charge is 2.24. The molecule has 21 heavy (non-hydrogen) atoms. The normalized spacial score (nSPS) is 13.2. The number of nitrogens with zero attached hydrogens (tertiary/aromatic N) is 1. The molecule has 120 valence electrons. The van der Waals surface area contributed by atoms with Crippen molar-refractivity contribution < 1.29 is 4.79 Å². The van der Waals surface area contributed by atoms with E-state index in [1.807, 2.05) is 6.92 Å². The fraction of sp³-hybridized carbons (Fsp3) is 0.750. The Hall–Kier alpha value is -0.940. The van der Waals surface area contributed by atoms with Crippen molar-refractivity contribution in [3.63, 3.8) is 0 Å². The second-order valence-electron chi connectivity index (χ2n) is 6.64. The third-order valence-corrected chi connectivity index (χ3v) is 4.65. The zero-order valence-corrected chi connectivity index (χ0v) is 14.6. The summed E-state index contributed by atoms with van der Waals surface area (Å²) < 4.78 is 0. The summed E-state index contributed by atoms with van der Waals surface area (Å²) >= 11 is 1.65. The van der Waals surface area contributed by atoms with Crippen LogP contribution in [0.25, 0.3) is 0 Å². The summed E-state index contributed by atoms with van der Waals surface area (Å²) in [5.41, 5.74) is 6.94. The minimum absolute atomic E-state index is 0.133. The molecule has 3 N–H and O–H groups in total. The van der Waals surface area contributed by atoms with E-state index in [-0.39, 0.29) is 11.3 Å². The van der Waals surface area contributed by atoms with E-state index in [1.54, 1.807) is 11.3 Å². The number of nitrogens with one attached hydrogen (secondary N) is 1.